The Bertz CT molecular complexity index is 684. The minimum Gasteiger partial charge on any atom is -0.347 e. The SMILES string of the molecule is CC(C)[C@@H]1CC[C@@H](C)C[C@H]1C(=O)CCCn1ccc2ccccc21. The number of carbonyl (C=O) groups excluding carboxylic acids is 1. The third-order valence-electron chi connectivity index (χ3n) is 5.94. The molecule has 2 heteroatoms. The van der Waals surface area contributed by atoms with Gasteiger partial charge in [-0.15, -0.1) is 0 Å². The van der Waals surface area contributed by atoms with Gasteiger partial charge in [-0.2, -0.15) is 0 Å². The Morgan fingerprint density at radius 1 is 1.21 bits per heavy atom. The Hall–Kier alpha value is -1.57. The van der Waals surface area contributed by atoms with Crippen LogP contribution >= 0.6 is 0 Å². The molecule has 0 saturated heterocycles. The van der Waals surface area contributed by atoms with Gasteiger partial charge in [0.25, 0.3) is 0 Å². The fourth-order valence-corrected chi connectivity index (χ4v) is 4.52. The summed E-state index contributed by atoms with van der Waals surface area (Å²) in [5.74, 6) is 2.75. The van der Waals surface area contributed by atoms with Crippen molar-refractivity contribution in [3.63, 3.8) is 0 Å². The molecule has 1 aliphatic rings. The molecule has 130 valence electrons. The molecule has 2 nitrogen and oxygen atoms in total. The summed E-state index contributed by atoms with van der Waals surface area (Å²) in [5, 5.41) is 1.28. The van der Waals surface area contributed by atoms with Crippen LogP contribution in [0.3, 0.4) is 0 Å². The van der Waals surface area contributed by atoms with Crippen LogP contribution < -0.4 is 0 Å². The number of fused-ring (bicyclic) bond motifs is 1. The third-order valence-corrected chi connectivity index (χ3v) is 5.94. The summed E-state index contributed by atoms with van der Waals surface area (Å²) in [6.07, 6.45) is 7.46. The van der Waals surface area contributed by atoms with Gasteiger partial charge in [-0.25, -0.2) is 0 Å². The topological polar surface area (TPSA) is 22.0 Å². The fraction of sp³-hybridized carbons (Fsp3) is 0.591. The fourth-order valence-electron chi connectivity index (χ4n) is 4.52. The number of aryl methyl sites for hydroxylation is 1. The molecule has 24 heavy (non-hydrogen) atoms. The molecule has 0 aliphatic heterocycles. The van der Waals surface area contributed by atoms with Gasteiger partial charge in [-0.1, -0.05) is 45.4 Å². The van der Waals surface area contributed by atoms with E-state index in [1.807, 2.05) is 0 Å². The van der Waals surface area contributed by atoms with Crippen molar-refractivity contribution < 1.29 is 4.79 Å². The maximum atomic E-state index is 12.8. The largest absolute Gasteiger partial charge is 0.347 e. The molecule has 3 rings (SSSR count). The number of ketones is 1. The molecular formula is C22H31NO. The lowest BCUT2D eigenvalue weighted by molar-refractivity contribution is -0.127. The van der Waals surface area contributed by atoms with E-state index in [0.29, 0.717) is 29.5 Å². The lowest BCUT2D eigenvalue weighted by Gasteiger charge is -2.36. The Labute approximate surface area is 146 Å². The smallest absolute Gasteiger partial charge is 0.136 e. The summed E-state index contributed by atoms with van der Waals surface area (Å²) in [6, 6.07) is 10.6. The van der Waals surface area contributed by atoms with Gasteiger partial charge in [0, 0.05) is 30.6 Å². The second kappa shape index (κ2) is 7.55. The minimum atomic E-state index is 0.301. The van der Waals surface area contributed by atoms with Crippen LogP contribution in [0.2, 0.25) is 0 Å². The van der Waals surface area contributed by atoms with Crippen LogP contribution in [0, 0.1) is 23.7 Å². The first-order valence-corrected chi connectivity index (χ1v) is 9.63. The van der Waals surface area contributed by atoms with Gasteiger partial charge in [0.1, 0.15) is 5.78 Å². The number of hydrogen-bond donors (Lipinski definition) is 0. The van der Waals surface area contributed by atoms with E-state index in [2.05, 4.69) is 61.9 Å². The Kier molecular flexibility index (Phi) is 5.43. The van der Waals surface area contributed by atoms with E-state index in [9.17, 15) is 4.79 Å². The van der Waals surface area contributed by atoms with Crippen molar-refractivity contribution in [2.24, 2.45) is 23.7 Å². The first-order valence-electron chi connectivity index (χ1n) is 9.63. The van der Waals surface area contributed by atoms with Crippen LogP contribution in [-0.2, 0) is 11.3 Å². The first-order chi connectivity index (χ1) is 11.6. The lowest BCUT2D eigenvalue weighted by atomic mass is 9.68. The highest BCUT2D eigenvalue weighted by Gasteiger charge is 2.34. The predicted octanol–water partition coefficient (Wildman–Crippen LogP) is 5.70. The van der Waals surface area contributed by atoms with Crippen LogP contribution in [-0.4, -0.2) is 10.4 Å². The molecule has 2 aromatic rings. The summed E-state index contributed by atoms with van der Waals surface area (Å²) in [6.45, 7) is 7.82. The molecule has 1 fully saturated rings. The number of nitrogens with zero attached hydrogens (tertiary/aromatic N) is 1. The molecule has 1 aromatic carbocycles. The average molecular weight is 325 g/mol. The molecule has 0 N–H and O–H groups in total. The number of Topliss-reactive ketones (excluding diaryl/α,β-unsaturated/α-hetero) is 1. The van der Waals surface area contributed by atoms with Crippen molar-refractivity contribution in [3.8, 4) is 0 Å². The van der Waals surface area contributed by atoms with Crippen molar-refractivity contribution in [3.05, 3.63) is 36.5 Å². The Morgan fingerprint density at radius 3 is 2.79 bits per heavy atom. The number of benzene rings is 1. The molecule has 0 bridgehead atoms. The molecule has 0 spiro atoms. The maximum absolute atomic E-state index is 12.8. The van der Waals surface area contributed by atoms with Gasteiger partial charge in [0.2, 0.25) is 0 Å². The second-order valence-corrected chi connectivity index (χ2v) is 8.07. The highest BCUT2D eigenvalue weighted by atomic mass is 16.1. The predicted molar refractivity (Wildman–Crippen MR) is 101 cm³/mol. The zero-order chi connectivity index (χ0) is 17.1. The minimum absolute atomic E-state index is 0.301. The summed E-state index contributed by atoms with van der Waals surface area (Å²) >= 11 is 0. The van der Waals surface area contributed by atoms with Crippen molar-refractivity contribution >= 4 is 16.7 Å². The molecule has 1 saturated carbocycles. The molecular weight excluding hydrogens is 294 g/mol. The van der Waals surface area contributed by atoms with E-state index < -0.39 is 0 Å². The highest BCUT2D eigenvalue weighted by molar-refractivity contribution is 5.82. The zero-order valence-electron chi connectivity index (χ0n) is 15.4. The molecule has 1 aliphatic carbocycles. The number of para-hydroxylation sites is 1. The van der Waals surface area contributed by atoms with E-state index in [-0.39, 0.29) is 0 Å². The first kappa shape index (κ1) is 17.3. The van der Waals surface area contributed by atoms with E-state index in [4.69, 9.17) is 0 Å². The van der Waals surface area contributed by atoms with E-state index in [0.717, 1.165) is 25.8 Å². The van der Waals surface area contributed by atoms with Crippen LogP contribution in [0.25, 0.3) is 10.9 Å². The van der Waals surface area contributed by atoms with Gasteiger partial charge >= 0.3 is 0 Å². The van der Waals surface area contributed by atoms with Crippen molar-refractivity contribution in [1.82, 2.24) is 4.57 Å². The number of rotatable bonds is 6. The lowest BCUT2D eigenvalue weighted by Crippen LogP contribution is -2.33. The standard InChI is InChI=1S/C22H31NO/c1-16(2)19-11-10-17(3)15-20(19)22(24)9-6-13-23-14-12-18-7-4-5-8-21(18)23/h4-5,7-8,12,14,16-17,19-20H,6,9-11,13,15H2,1-3H3/t17-,19+,20-/m1/s1. The van der Waals surface area contributed by atoms with E-state index >= 15 is 0 Å². The summed E-state index contributed by atoms with van der Waals surface area (Å²) in [5.41, 5.74) is 1.27. The number of aromatic nitrogens is 1. The Balaban J connectivity index is 1.58. The second-order valence-electron chi connectivity index (χ2n) is 8.07. The quantitative estimate of drug-likeness (QED) is 0.668. The van der Waals surface area contributed by atoms with Gasteiger partial charge in [0.05, 0.1) is 0 Å². The van der Waals surface area contributed by atoms with E-state index in [1.165, 1.54) is 23.7 Å². The van der Waals surface area contributed by atoms with Gasteiger partial charge < -0.3 is 4.57 Å². The molecule has 1 heterocycles. The molecule has 0 radical (unpaired) electrons. The molecule has 1 aromatic heterocycles. The van der Waals surface area contributed by atoms with Crippen molar-refractivity contribution in [2.75, 3.05) is 0 Å². The van der Waals surface area contributed by atoms with Crippen molar-refractivity contribution in [1.29, 1.82) is 0 Å². The van der Waals surface area contributed by atoms with Gasteiger partial charge in [-0.05, 0) is 54.5 Å². The number of hydrogen-bond acceptors (Lipinski definition) is 1. The normalized spacial score (nSPS) is 24.6. The highest BCUT2D eigenvalue weighted by Crippen LogP contribution is 2.39. The molecule has 0 amide bonds. The van der Waals surface area contributed by atoms with Gasteiger partial charge in [0.15, 0.2) is 0 Å². The monoisotopic (exact) mass is 325 g/mol. The van der Waals surface area contributed by atoms with Gasteiger partial charge in [-0.3, -0.25) is 4.79 Å². The summed E-state index contributed by atoms with van der Waals surface area (Å²) in [7, 11) is 0. The third kappa shape index (κ3) is 3.74. The van der Waals surface area contributed by atoms with Crippen molar-refractivity contribution in [2.45, 2.75) is 59.4 Å². The Morgan fingerprint density at radius 2 is 2.00 bits per heavy atom. The van der Waals surface area contributed by atoms with Crippen LogP contribution in [0.4, 0.5) is 0 Å². The summed E-state index contributed by atoms with van der Waals surface area (Å²) in [4.78, 5) is 12.8. The van der Waals surface area contributed by atoms with Crippen LogP contribution in [0.5, 0.6) is 0 Å². The molecule has 3 atom stereocenters. The molecule has 0 unspecified atom stereocenters. The van der Waals surface area contributed by atoms with E-state index in [1.54, 1.807) is 0 Å². The average Bonchev–Trinajstić information content (AvgIpc) is 2.98. The summed E-state index contributed by atoms with van der Waals surface area (Å²) < 4.78 is 2.28. The maximum Gasteiger partial charge on any atom is 0.136 e. The van der Waals surface area contributed by atoms with Crippen LogP contribution in [0.1, 0.15) is 52.9 Å². The van der Waals surface area contributed by atoms with Crippen LogP contribution in [0.15, 0.2) is 36.5 Å². The zero-order valence-corrected chi connectivity index (χ0v) is 15.4. The number of carbonyl (C=O) groups is 1.